The van der Waals surface area contributed by atoms with E-state index >= 15 is 0 Å². The molecule has 0 unspecified atom stereocenters. The van der Waals surface area contributed by atoms with Gasteiger partial charge in [-0.15, -0.1) is 21.9 Å². The molecule has 1 aromatic carbocycles. The molecule has 164 valence electrons. The molecule has 2 amide bonds. The Labute approximate surface area is 188 Å². The molecule has 2 aliphatic carbocycles. The number of hydrogen-bond donors (Lipinski definition) is 2. The summed E-state index contributed by atoms with van der Waals surface area (Å²) in [5.41, 5.74) is 4.86. The van der Waals surface area contributed by atoms with Gasteiger partial charge in [0.05, 0.1) is 0 Å². The van der Waals surface area contributed by atoms with E-state index in [1.54, 1.807) is 25.6 Å². The van der Waals surface area contributed by atoms with Crippen molar-refractivity contribution in [3.05, 3.63) is 39.5 Å². The van der Waals surface area contributed by atoms with Crippen LogP contribution in [-0.2, 0) is 46.1 Å². The van der Waals surface area contributed by atoms with Crippen molar-refractivity contribution in [1.29, 1.82) is 0 Å². The Morgan fingerprint density at radius 2 is 1.77 bits per heavy atom. The van der Waals surface area contributed by atoms with Crippen LogP contribution in [0.25, 0.3) is 0 Å². The zero-order chi connectivity index (χ0) is 21.9. The standard InChI is InChI=1S/C19H22N3O3S2.C2H6S/c1-19(2,24)17-20-10-15(26-17)27(25)22-18(23)21-16-13-7-3-5-11(13)9-12-6-4-8-14(12)16;1-3-2/h9-10,24H,3-8H2,1-2H3,(H,21,23);1-2H3/q-1;. The van der Waals surface area contributed by atoms with E-state index in [0.29, 0.717) is 9.22 Å². The second kappa shape index (κ2) is 9.80. The van der Waals surface area contributed by atoms with Gasteiger partial charge in [0.2, 0.25) is 0 Å². The zero-order valence-electron chi connectivity index (χ0n) is 17.8. The van der Waals surface area contributed by atoms with E-state index < -0.39 is 22.2 Å². The zero-order valence-corrected chi connectivity index (χ0v) is 20.2. The number of urea groups is 1. The molecule has 2 aliphatic rings. The van der Waals surface area contributed by atoms with Gasteiger partial charge in [-0.05, 0) is 91.3 Å². The molecule has 0 saturated heterocycles. The number of nitrogens with one attached hydrogen (secondary N) is 1. The molecule has 0 aliphatic heterocycles. The summed E-state index contributed by atoms with van der Waals surface area (Å²) in [5.74, 6) is 0. The van der Waals surface area contributed by atoms with Crippen LogP contribution in [0, 0.1) is 0 Å². The number of thioether (sulfide) groups is 1. The molecular formula is C21H28N3O3S3-. The lowest BCUT2D eigenvalue weighted by molar-refractivity contribution is 0.0783. The van der Waals surface area contributed by atoms with E-state index in [9.17, 15) is 14.1 Å². The van der Waals surface area contributed by atoms with Gasteiger partial charge in [-0.1, -0.05) is 6.07 Å². The van der Waals surface area contributed by atoms with Crippen molar-refractivity contribution in [2.24, 2.45) is 4.36 Å². The van der Waals surface area contributed by atoms with E-state index in [0.717, 1.165) is 55.5 Å². The number of carbonyl (C=O) groups excluding carboxylic acids is 1. The Kier molecular flexibility index (Phi) is 7.60. The lowest BCUT2D eigenvalue weighted by Gasteiger charge is -2.15. The lowest BCUT2D eigenvalue weighted by atomic mass is 9.99. The van der Waals surface area contributed by atoms with E-state index in [1.807, 2.05) is 12.5 Å². The van der Waals surface area contributed by atoms with Gasteiger partial charge in [0.15, 0.2) is 0 Å². The summed E-state index contributed by atoms with van der Waals surface area (Å²) in [7, 11) is -1.84. The van der Waals surface area contributed by atoms with Gasteiger partial charge in [0.25, 0.3) is 0 Å². The van der Waals surface area contributed by atoms with Crippen LogP contribution < -0.4 is 5.32 Å². The number of nitrogens with zero attached hydrogens (tertiary/aromatic N) is 2. The minimum absolute atomic E-state index is 0.353. The normalized spacial score (nSPS) is 15.9. The number of carbonyl (C=O) groups is 1. The van der Waals surface area contributed by atoms with E-state index in [1.165, 1.54) is 28.5 Å². The second-order valence-corrected chi connectivity index (χ2v) is 11.2. The maximum Gasteiger partial charge on any atom is 0.322 e. The van der Waals surface area contributed by atoms with Crippen molar-refractivity contribution in [2.45, 2.75) is 62.2 Å². The molecular weight excluding hydrogens is 438 g/mol. The van der Waals surface area contributed by atoms with Gasteiger partial charge in [-0.25, -0.2) is 9.78 Å². The largest absolute Gasteiger partial charge is 0.439 e. The van der Waals surface area contributed by atoms with Crippen LogP contribution in [0.5, 0.6) is 0 Å². The van der Waals surface area contributed by atoms with E-state index in [-0.39, 0.29) is 0 Å². The average Bonchev–Trinajstić information content (AvgIpc) is 3.41. The SMILES string of the molecule is CC(C)(O)c1ncc([S-](=O)=NC(=O)Nc2c3c(cc4c2CCC4)CCC3)s1.CSC. The predicted octanol–water partition coefficient (Wildman–Crippen LogP) is 5.07. The monoisotopic (exact) mass is 466 g/mol. The first kappa shape index (κ1) is 23.2. The van der Waals surface area contributed by atoms with Crippen LogP contribution in [0.2, 0.25) is 0 Å². The van der Waals surface area contributed by atoms with Crippen LogP contribution in [0.15, 0.2) is 20.8 Å². The fourth-order valence-corrected chi connectivity index (χ4v) is 5.55. The summed E-state index contributed by atoms with van der Waals surface area (Å²) in [6.07, 6.45) is 11.7. The number of aliphatic hydroxyl groups is 1. The van der Waals surface area contributed by atoms with Crippen molar-refractivity contribution in [3.63, 3.8) is 0 Å². The third-order valence-electron chi connectivity index (χ3n) is 5.05. The minimum atomic E-state index is -1.84. The third kappa shape index (κ3) is 5.25. The van der Waals surface area contributed by atoms with Crippen molar-refractivity contribution < 1.29 is 14.1 Å². The highest BCUT2D eigenvalue weighted by Crippen LogP contribution is 2.38. The average molecular weight is 467 g/mol. The first-order valence-electron chi connectivity index (χ1n) is 9.94. The Hall–Kier alpha value is -1.42. The number of hydrogen-bond acceptors (Lipinski definition) is 7. The van der Waals surface area contributed by atoms with Crippen LogP contribution in [0.4, 0.5) is 10.5 Å². The number of aromatic nitrogens is 1. The van der Waals surface area contributed by atoms with Gasteiger partial charge in [-0.3, -0.25) is 0 Å². The number of thiazole rings is 1. The Morgan fingerprint density at radius 3 is 2.27 bits per heavy atom. The molecule has 0 bridgehead atoms. The number of fused-ring (bicyclic) bond motifs is 2. The third-order valence-corrected chi connectivity index (χ3v) is 7.61. The summed E-state index contributed by atoms with van der Waals surface area (Å²) >= 11 is 2.85. The number of rotatable bonds is 3. The molecule has 30 heavy (non-hydrogen) atoms. The molecule has 0 radical (unpaired) electrons. The quantitative estimate of drug-likeness (QED) is 0.617. The molecule has 6 nitrogen and oxygen atoms in total. The van der Waals surface area contributed by atoms with Crippen LogP contribution in [0.1, 0.15) is 54.0 Å². The topological polar surface area (TPSA) is 91.7 Å². The van der Waals surface area contributed by atoms with E-state index in [2.05, 4.69) is 20.7 Å². The molecule has 0 saturated carbocycles. The summed E-state index contributed by atoms with van der Waals surface area (Å²) in [6.45, 7) is 3.22. The minimum Gasteiger partial charge on any atom is -0.439 e. The molecule has 9 heteroatoms. The molecule has 4 rings (SSSR count). The van der Waals surface area contributed by atoms with Crippen molar-refractivity contribution in [2.75, 3.05) is 17.8 Å². The molecule has 0 atom stereocenters. The highest BCUT2D eigenvalue weighted by molar-refractivity contribution is 7.97. The van der Waals surface area contributed by atoms with Gasteiger partial charge >= 0.3 is 6.03 Å². The summed E-state index contributed by atoms with van der Waals surface area (Å²) < 4.78 is 16.6. The molecule has 1 heterocycles. The van der Waals surface area contributed by atoms with Gasteiger partial charge in [0.1, 0.15) is 10.6 Å². The highest BCUT2D eigenvalue weighted by Gasteiger charge is 2.24. The Bertz CT molecular complexity index is 986. The molecule has 1 aromatic heterocycles. The summed E-state index contributed by atoms with van der Waals surface area (Å²) in [5, 5.41) is 13.3. The predicted molar refractivity (Wildman–Crippen MR) is 125 cm³/mol. The summed E-state index contributed by atoms with van der Waals surface area (Å²) in [4.78, 5) is 16.5. The smallest absolute Gasteiger partial charge is 0.322 e. The lowest BCUT2D eigenvalue weighted by Crippen LogP contribution is -2.14. The molecule has 2 aromatic rings. The first-order valence-corrected chi connectivity index (χ1v) is 13.5. The molecule has 0 spiro atoms. The fraction of sp³-hybridized carbons (Fsp3) is 0.524. The first-order chi connectivity index (χ1) is 14.2. The van der Waals surface area contributed by atoms with Crippen LogP contribution in [0.3, 0.4) is 0 Å². The molecule has 0 fully saturated rings. The summed E-state index contributed by atoms with van der Waals surface area (Å²) in [6, 6.07) is 1.70. The van der Waals surface area contributed by atoms with Crippen LogP contribution in [-0.4, -0.2) is 28.6 Å². The van der Waals surface area contributed by atoms with Crippen molar-refractivity contribution in [3.8, 4) is 0 Å². The fourth-order valence-electron chi connectivity index (χ4n) is 3.84. The number of anilines is 1. The van der Waals surface area contributed by atoms with E-state index in [4.69, 9.17) is 0 Å². The number of aryl methyl sites for hydroxylation is 2. The van der Waals surface area contributed by atoms with Gasteiger partial charge < -0.3 is 19.0 Å². The van der Waals surface area contributed by atoms with Crippen LogP contribution >= 0.6 is 23.1 Å². The number of amides is 2. The van der Waals surface area contributed by atoms with Gasteiger partial charge in [-0.2, -0.15) is 11.8 Å². The van der Waals surface area contributed by atoms with Gasteiger partial charge in [0, 0.05) is 11.9 Å². The maximum atomic E-state index is 12.5. The second-order valence-electron chi connectivity index (χ2n) is 7.96. The Morgan fingerprint density at radius 1 is 1.20 bits per heavy atom. The molecule has 2 N–H and O–H groups in total. The Balaban J connectivity index is 0.000000806. The van der Waals surface area contributed by atoms with Crippen molar-refractivity contribution in [1.82, 2.24) is 4.98 Å². The number of benzene rings is 1. The highest BCUT2D eigenvalue weighted by atomic mass is 32.2. The van der Waals surface area contributed by atoms with Crippen molar-refractivity contribution >= 4 is 45.4 Å². The maximum absolute atomic E-state index is 12.5.